The second-order valence-corrected chi connectivity index (χ2v) is 8.13. The average Bonchev–Trinajstić information content (AvgIpc) is 2.95. The van der Waals surface area contributed by atoms with E-state index in [9.17, 15) is 9.59 Å². The summed E-state index contributed by atoms with van der Waals surface area (Å²) in [6.45, 7) is 4.21. The first-order valence-electron chi connectivity index (χ1n) is 9.00. The molecule has 2 heterocycles. The Balaban J connectivity index is 1.72. The van der Waals surface area contributed by atoms with Gasteiger partial charge in [-0.05, 0) is 43.3 Å². The van der Waals surface area contributed by atoms with Crippen LogP contribution >= 0.6 is 23.4 Å². The number of hydrogen-bond donors (Lipinski definition) is 0. The second kappa shape index (κ2) is 7.99. The van der Waals surface area contributed by atoms with Crippen molar-refractivity contribution in [2.75, 3.05) is 31.2 Å². The van der Waals surface area contributed by atoms with Crippen LogP contribution in [0.15, 0.2) is 64.0 Å². The predicted octanol–water partition coefficient (Wildman–Crippen LogP) is 3.86. The molecule has 0 N–H and O–H groups in total. The van der Waals surface area contributed by atoms with Crippen molar-refractivity contribution in [3.05, 3.63) is 69.7 Å². The lowest BCUT2D eigenvalue weighted by molar-refractivity contribution is -0.121. The zero-order valence-electron chi connectivity index (χ0n) is 15.4. The Labute approximate surface area is 172 Å². The highest BCUT2D eigenvalue weighted by molar-refractivity contribution is 8.04. The molecule has 0 radical (unpaired) electrons. The van der Waals surface area contributed by atoms with E-state index in [2.05, 4.69) is 0 Å². The molecule has 2 aliphatic rings. The number of imide groups is 1. The van der Waals surface area contributed by atoms with Gasteiger partial charge in [0.1, 0.15) is 10.6 Å². The molecule has 4 rings (SSSR count). The molecule has 144 valence electrons. The maximum absolute atomic E-state index is 13.3. The predicted molar refractivity (Wildman–Crippen MR) is 110 cm³/mol. The third-order valence-electron chi connectivity index (χ3n) is 4.67. The van der Waals surface area contributed by atoms with Gasteiger partial charge in [0.25, 0.3) is 11.8 Å². The zero-order valence-corrected chi connectivity index (χ0v) is 16.9. The SMILES string of the molecule is Cc1ccc(N2C(=O)C(Sc3ccc(Cl)cc3)=C(N3CCOCC3)C2=O)cc1. The molecule has 2 aliphatic heterocycles. The Morgan fingerprint density at radius 1 is 0.929 bits per heavy atom. The van der Waals surface area contributed by atoms with Crippen molar-refractivity contribution >= 4 is 40.9 Å². The minimum atomic E-state index is -0.296. The van der Waals surface area contributed by atoms with Crippen molar-refractivity contribution in [2.45, 2.75) is 11.8 Å². The number of thioether (sulfide) groups is 1. The van der Waals surface area contributed by atoms with E-state index in [4.69, 9.17) is 16.3 Å². The van der Waals surface area contributed by atoms with E-state index in [1.165, 1.54) is 16.7 Å². The van der Waals surface area contributed by atoms with Gasteiger partial charge in [0.15, 0.2) is 0 Å². The molecule has 7 heteroatoms. The Kier molecular flexibility index (Phi) is 5.44. The molecule has 0 aromatic heterocycles. The van der Waals surface area contributed by atoms with E-state index < -0.39 is 0 Å². The number of hydrogen-bond acceptors (Lipinski definition) is 5. The molecule has 0 spiro atoms. The molecule has 2 aromatic rings. The Bertz CT molecular complexity index is 935. The summed E-state index contributed by atoms with van der Waals surface area (Å²) in [4.78, 5) is 31.1. The van der Waals surface area contributed by atoms with Crippen LogP contribution in [-0.2, 0) is 14.3 Å². The van der Waals surface area contributed by atoms with Crippen LogP contribution in [0, 0.1) is 6.92 Å². The number of anilines is 1. The van der Waals surface area contributed by atoms with Crippen LogP contribution in [0.3, 0.4) is 0 Å². The molecule has 0 atom stereocenters. The van der Waals surface area contributed by atoms with Crippen molar-refractivity contribution < 1.29 is 14.3 Å². The molecule has 2 aromatic carbocycles. The number of nitrogens with zero attached hydrogens (tertiary/aromatic N) is 2. The van der Waals surface area contributed by atoms with Gasteiger partial charge in [0.05, 0.1) is 18.9 Å². The summed E-state index contributed by atoms with van der Waals surface area (Å²) in [5, 5.41) is 0.627. The third-order valence-corrected chi connectivity index (χ3v) is 6.00. The fourth-order valence-electron chi connectivity index (χ4n) is 3.20. The first-order valence-corrected chi connectivity index (χ1v) is 10.2. The first kappa shape index (κ1) is 19.1. The second-order valence-electron chi connectivity index (χ2n) is 6.61. The number of carbonyl (C=O) groups excluding carboxylic acids is 2. The normalized spacial score (nSPS) is 17.6. The van der Waals surface area contributed by atoms with E-state index in [1.54, 1.807) is 24.3 Å². The minimum absolute atomic E-state index is 0.285. The van der Waals surface area contributed by atoms with Crippen LogP contribution in [-0.4, -0.2) is 43.0 Å². The van der Waals surface area contributed by atoms with E-state index in [-0.39, 0.29) is 11.8 Å². The number of amides is 2. The number of aryl methyl sites for hydroxylation is 1. The van der Waals surface area contributed by atoms with Gasteiger partial charge in [0, 0.05) is 23.0 Å². The molecule has 2 amide bonds. The van der Waals surface area contributed by atoms with Crippen LogP contribution in [0.1, 0.15) is 5.56 Å². The molecule has 5 nitrogen and oxygen atoms in total. The van der Waals surface area contributed by atoms with Crippen LogP contribution < -0.4 is 4.90 Å². The van der Waals surface area contributed by atoms with Gasteiger partial charge in [-0.1, -0.05) is 41.1 Å². The maximum Gasteiger partial charge on any atom is 0.283 e. The molecule has 28 heavy (non-hydrogen) atoms. The highest BCUT2D eigenvalue weighted by Crippen LogP contribution is 2.39. The lowest BCUT2D eigenvalue weighted by atomic mass is 10.2. The number of benzene rings is 2. The molecular weight excluding hydrogens is 396 g/mol. The van der Waals surface area contributed by atoms with E-state index in [0.29, 0.717) is 47.6 Å². The number of rotatable bonds is 4. The average molecular weight is 415 g/mol. The lowest BCUT2D eigenvalue weighted by Crippen LogP contribution is -2.40. The summed E-state index contributed by atoms with van der Waals surface area (Å²) in [5.74, 6) is -0.581. The summed E-state index contributed by atoms with van der Waals surface area (Å²) in [6.07, 6.45) is 0. The lowest BCUT2D eigenvalue weighted by Gasteiger charge is -2.29. The summed E-state index contributed by atoms with van der Waals surface area (Å²) in [5.41, 5.74) is 2.10. The first-order chi connectivity index (χ1) is 13.5. The van der Waals surface area contributed by atoms with Crippen molar-refractivity contribution in [1.29, 1.82) is 0 Å². The Morgan fingerprint density at radius 3 is 2.21 bits per heavy atom. The topological polar surface area (TPSA) is 49.9 Å². The third kappa shape index (κ3) is 3.68. The summed E-state index contributed by atoms with van der Waals surface area (Å²) in [6, 6.07) is 14.7. The largest absolute Gasteiger partial charge is 0.378 e. The minimum Gasteiger partial charge on any atom is -0.378 e. The van der Waals surface area contributed by atoms with Gasteiger partial charge in [-0.15, -0.1) is 0 Å². The van der Waals surface area contributed by atoms with Gasteiger partial charge >= 0.3 is 0 Å². The molecular formula is C21H19ClN2O3S. The molecule has 1 saturated heterocycles. The van der Waals surface area contributed by atoms with Crippen LogP contribution in [0.5, 0.6) is 0 Å². The molecule has 0 saturated carbocycles. The van der Waals surface area contributed by atoms with Gasteiger partial charge in [0.2, 0.25) is 0 Å². The van der Waals surface area contributed by atoms with Crippen molar-refractivity contribution in [3.8, 4) is 0 Å². The Morgan fingerprint density at radius 2 is 1.57 bits per heavy atom. The van der Waals surface area contributed by atoms with Gasteiger partial charge in [-0.3, -0.25) is 9.59 Å². The quantitative estimate of drug-likeness (QED) is 0.711. The number of morpholine rings is 1. The van der Waals surface area contributed by atoms with Crippen LogP contribution in [0.4, 0.5) is 5.69 Å². The maximum atomic E-state index is 13.3. The fraction of sp³-hybridized carbons (Fsp3) is 0.238. The standard InChI is InChI=1S/C21H19ClN2O3S/c1-14-2-6-16(7-3-14)24-20(25)18(23-10-12-27-13-11-23)19(21(24)26)28-17-8-4-15(22)5-9-17/h2-9H,10-13H2,1H3. The monoisotopic (exact) mass is 414 g/mol. The fourth-order valence-corrected chi connectivity index (χ4v) is 4.33. The summed E-state index contributed by atoms with van der Waals surface area (Å²) in [7, 11) is 0. The highest BCUT2D eigenvalue weighted by Gasteiger charge is 2.42. The zero-order chi connectivity index (χ0) is 19.7. The molecule has 0 unspecified atom stereocenters. The summed E-state index contributed by atoms with van der Waals surface area (Å²) < 4.78 is 5.42. The van der Waals surface area contributed by atoms with Gasteiger partial charge in [-0.25, -0.2) is 4.90 Å². The van der Waals surface area contributed by atoms with E-state index >= 15 is 0 Å². The van der Waals surface area contributed by atoms with Gasteiger partial charge in [-0.2, -0.15) is 0 Å². The highest BCUT2D eigenvalue weighted by atomic mass is 35.5. The van der Waals surface area contributed by atoms with Crippen LogP contribution in [0.25, 0.3) is 0 Å². The van der Waals surface area contributed by atoms with Gasteiger partial charge < -0.3 is 9.64 Å². The molecule has 0 bridgehead atoms. The smallest absolute Gasteiger partial charge is 0.283 e. The van der Waals surface area contributed by atoms with E-state index in [1.807, 2.05) is 36.1 Å². The molecule has 0 aliphatic carbocycles. The van der Waals surface area contributed by atoms with E-state index in [0.717, 1.165) is 10.5 Å². The van der Waals surface area contributed by atoms with Crippen molar-refractivity contribution in [3.63, 3.8) is 0 Å². The Hall–Kier alpha value is -2.28. The molecule has 1 fully saturated rings. The number of carbonyl (C=O) groups is 2. The van der Waals surface area contributed by atoms with Crippen LogP contribution in [0.2, 0.25) is 5.02 Å². The number of ether oxygens (including phenoxy) is 1. The van der Waals surface area contributed by atoms with Crippen molar-refractivity contribution in [2.24, 2.45) is 0 Å². The number of halogens is 1. The van der Waals surface area contributed by atoms with Crippen molar-refractivity contribution in [1.82, 2.24) is 4.90 Å². The summed E-state index contributed by atoms with van der Waals surface area (Å²) >= 11 is 7.28.